The normalized spacial score (nSPS) is 23.7. The van der Waals surface area contributed by atoms with E-state index < -0.39 is 15.8 Å². The van der Waals surface area contributed by atoms with E-state index in [1.165, 1.54) is 12.1 Å². The van der Waals surface area contributed by atoms with E-state index in [1.807, 2.05) is 6.26 Å². The zero-order valence-electron chi connectivity index (χ0n) is 11.3. The molecule has 0 bridgehead atoms. The highest BCUT2D eigenvalue weighted by atomic mass is 32.2. The van der Waals surface area contributed by atoms with Crippen LogP contribution in [0, 0.1) is 5.82 Å². The maximum atomic E-state index is 13.4. The van der Waals surface area contributed by atoms with Gasteiger partial charge >= 0.3 is 0 Å². The number of nitrogens with one attached hydrogen (secondary N) is 1. The molecule has 2 atom stereocenters. The Morgan fingerprint density at radius 1 is 1.40 bits per heavy atom. The molecule has 20 heavy (non-hydrogen) atoms. The fraction of sp³-hybridized carbons (Fsp3) is 0.538. The summed E-state index contributed by atoms with van der Waals surface area (Å²) >= 11 is 1.76. The van der Waals surface area contributed by atoms with Crippen molar-refractivity contribution in [3.63, 3.8) is 0 Å². The van der Waals surface area contributed by atoms with Gasteiger partial charge in [-0.15, -0.1) is 0 Å². The number of hydrogen-bond donors (Lipinski definition) is 2. The van der Waals surface area contributed by atoms with E-state index in [2.05, 4.69) is 4.72 Å². The van der Waals surface area contributed by atoms with Crippen LogP contribution in [-0.2, 0) is 10.0 Å². The number of benzene rings is 1. The third-order valence-electron chi connectivity index (χ3n) is 3.58. The van der Waals surface area contributed by atoms with Gasteiger partial charge in [0.25, 0.3) is 0 Å². The fourth-order valence-corrected chi connectivity index (χ4v) is 4.75. The molecule has 112 valence electrons. The van der Waals surface area contributed by atoms with Crippen molar-refractivity contribution in [3.8, 4) is 0 Å². The summed E-state index contributed by atoms with van der Waals surface area (Å²) in [4.78, 5) is -0.177. The number of halogens is 1. The molecule has 0 amide bonds. The molecule has 0 saturated heterocycles. The van der Waals surface area contributed by atoms with Crippen molar-refractivity contribution in [2.45, 2.75) is 41.9 Å². The lowest BCUT2D eigenvalue weighted by molar-refractivity contribution is 0.421. The molecule has 2 unspecified atom stereocenters. The molecule has 0 aromatic heterocycles. The van der Waals surface area contributed by atoms with Gasteiger partial charge in [0.15, 0.2) is 0 Å². The van der Waals surface area contributed by atoms with E-state index in [9.17, 15) is 12.8 Å². The summed E-state index contributed by atoms with van der Waals surface area (Å²) in [5.74, 6) is -0.710. The van der Waals surface area contributed by atoms with E-state index in [0.717, 1.165) is 31.7 Å². The van der Waals surface area contributed by atoms with Gasteiger partial charge in [-0.05, 0) is 37.7 Å². The number of para-hydroxylation sites is 1. The smallest absolute Gasteiger partial charge is 0.242 e. The lowest BCUT2D eigenvalue weighted by Gasteiger charge is -2.28. The van der Waals surface area contributed by atoms with Gasteiger partial charge in [0.05, 0.1) is 5.69 Å². The summed E-state index contributed by atoms with van der Waals surface area (Å²) in [6.07, 6.45) is 5.76. The fourth-order valence-electron chi connectivity index (χ4n) is 2.50. The van der Waals surface area contributed by atoms with Crippen LogP contribution in [0.4, 0.5) is 10.1 Å². The van der Waals surface area contributed by atoms with Gasteiger partial charge in [0, 0.05) is 11.3 Å². The van der Waals surface area contributed by atoms with Crippen LogP contribution in [0.2, 0.25) is 0 Å². The van der Waals surface area contributed by atoms with Crippen molar-refractivity contribution in [2.24, 2.45) is 0 Å². The van der Waals surface area contributed by atoms with Crippen LogP contribution in [0.5, 0.6) is 0 Å². The maximum absolute atomic E-state index is 13.4. The van der Waals surface area contributed by atoms with Crippen LogP contribution < -0.4 is 10.5 Å². The summed E-state index contributed by atoms with van der Waals surface area (Å²) in [6, 6.07) is 3.73. The average molecular weight is 318 g/mol. The highest BCUT2D eigenvalue weighted by Crippen LogP contribution is 2.28. The van der Waals surface area contributed by atoms with Crippen molar-refractivity contribution in [3.05, 3.63) is 24.0 Å². The third kappa shape index (κ3) is 3.45. The molecule has 1 aliphatic carbocycles. The molecule has 3 N–H and O–H groups in total. The molecule has 7 heteroatoms. The number of nitrogen functional groups attached to an aromatic ring is 1. The van der Waals surface area contributed by atoms with Crippen LogP contribution in [-0.4, -0.2) is 26.0 Å². The van der Waals surface area contributed by atoms with Crippen molar-refractivity contribution in [2.75, 3.05) is 12.0 Å². The first kappa shape index (κ1) is 15.6. The van der Waals surface area contributed by atoms with Gasteiger partial charge in [0.1, 0.15) is 10.7 Å². The Hall–Kier alpha value is -0.790. The number of thioether (sulfide) groups is 1. The molecule has 1 aliphatic rings. The van der Waals surface area contributed by atoms with Crippen LogP contribution >= 0.6 is 11.8 Å². The van der Waals surface area contributed by atoms with Crippen LogP contribution in [0.25, 0.3) is 0 Å². The highest BCUT2D eigenvalue weighted by Gasteiger charge is 2.27. The van der Waals surface area contributed by atoms with Crippen molar-refractivity contribution >= 4 is 27.5 Å². The topological polar surface area (TPSA) is 72.2 Å². The van der Waals surface area contributed by atoms with Gasteiger partial charge in [0.2, 0.25) is 10.0 Å². The van der Waals surface area contributed by atoms with Crippen LogP contribution in [0.1, 0.15) is 25.7 Å². The van der Waals surface area contributed by atoms with Crippen molar-refractivity contribution < 1.29 is 12.8 Å². The molecule has 0 radical (unpaired) electrons. The Balaban J connectivity index is 2.17. The Morgan fingerprint density at radius 3 is 2.85 bits per heavy atom. The average Bonchev–Trinajstić information content (AvgIpc) is 2.41. The van der Waals surface area contributed by atoms with Gasteiger partial charge in [-0.1, -0.05) is 12.5 Å². The van der Waals surface area contributed by atoms with Gasteiger partial charge < -0.3 is 5.73 Å². The molecule has 1 saturated carbocycles. The Labute approximate surface area is 123 Å². The quantitative estimate of drug-likeness (QED) is 0.836. The molecular weight excluding hydrogens is 299 g/mol. The molecule has 0 aliphatic heterocycles. The standard InChI is InChI=1S/C13H19FN2O2S2/c1-19-10-5-2-4-9(8-10)16-20(17,18)12-7-3-6-11(14)13(12)15/h3,6-7,9-10,16H,2,4-5,8,15H2,1H3. The molecule has 1 fully saturated rings. The third-order valence-corrected chi connectivity index (χ3v) is 6.26. The van der Waals surface area contributed by atoms with E-state index in [0.29, 0.717) is 5.25 Å². The van der Waals surface area contributed by atoms with E-state index in [-0.39, 0.29) is 16.6 Å². The lowest BCUT2D eigenvalue weighted by atomic mass is 9.96. The van der Waals surface area contributed by atoms with Crippen LogP contribution in [0.15, 0.2) is 23.1 Å². The minimum atomic E-state index is -3.77. The maximum Gasteiger partial charge on any atom is 0.242 e. The number of anilines is 1. The molecular formula is C13H19FN2O2S2. The first-order chi connectivity index (χ1) is 9.44. The summed E-state index contributed by atoms with van der Waals surface area (Å²) < 4.78 is 40.6. The monoisotopic (exact) mass is 318 g/mol. The Morgan fingerprint density at radius 2 is 2.15 bits per heavy atom. The predicted molar refractivity (Wildman–Crippen MR) is 80.7 cm³/mol. The van der Waals surface area contributed by atoms with Gasteiger partial charge in [-0.3, -0.25) is 0 Å². The lowest BCUT2D eigenvalue weighted by Crippen LogP contribution is -2.39. The van der Waals surface area contributed by atoms with Gasteiger partial charge in [-0.2, -0.15) is 11.8 Å². The SMILES string of the molecule is CSC1CCCC(NS(=O)(=O)c2cccc(F)c2N)C1. The van der Waals surface area contributed by atoms with Crippen LogP contribution in [0.3, 0.4) is 0 Å². The second kappa shape index (κ2) is 6.32. The first-order valence-electron chi connectivity index (χ1n) is 6.53. The summed E-state index contributed by atoms with van der Waals surface area (Å²) in [7, 11) is -3.77. The second-order valence-electron chi connectivity index (χ2n) is 4.99. The second-order valence-corrected chi connectivity index (χ2v) is 7.81. The predicted octanol–water partition coefficient (Wildman–Crippen LogP) is 2.36. The minimum Gasteiger partial charge on any atom is -0.395 e. The zero-order chi connectivity index (χ0) is 14.8. The summed E-state index contributed by atoms with van der Waals surface area (Å²) in [5, 5.41) is 0.473. The number of hydrogen-bond acceptors (Lipinski definition) is 4. The number of nitrogens with two attached hydrogens (primary N) is 1. The summed E-state index contributed by atoms with van der Waals surface area (Å²) in [5.41, 5.74) is 5.21. The van der Waals surface area contributed by atoms with E-state index in [1.54, 1.807) is 11.8 Å². The Kier molecular flexibility index (Phi) is 4.93. The largest absolute Gasteiger partial charge is 0.395 e. The van der Waals surface area contributed by atoms with E-state index >= 15 is 0 Å². The van der Waals surface area contributed by atoms with Gasteiger partial charge in [-0.25, -0.2) is 17.5 Å². The molecule has 1 aromatic rings. The number of rotatable bonds is 4. The molecule has 4 nitrogen and oxygen atoms in total. The summed E-state index contributed by atoms with van der Waals surface area (Å²) in [6.45, 7) is 0. The highest BCUT2D eigenvalue weighted by molar-refractivity contribution is 7.99. The Bertz CT molecular complexity index is 578. The molecule has 0 spiro atoms. The molecule has 1 aromatic carbocycles. The zero-order valence-corrected chi connectivity index (χ0v) is 12.9. The molecule has 2 rings (SSSR count). The van der Waals surface area contributed by atoms with Crippen molar-refractivity contribution in [1.29, 1.82) is 0 Å². The molecule has 0 heterocycles. The van der Waals surface area contributed by atoms with E-state index in [4.69, 9.17) is 5.73 Å². The first-order valence-corrected chi connectivity index (χ1v) is 9.30. The van der Waals surface area contributed by atoms with Crippen molar-refractivity contribution in [1.82, 2.24) is 4.72 Å². The minimum absolute atomic E-state index is 0.103. The number of sulfonamides is 1.